The molecule has 1 N–H and O–H groups in total. The molecule has 3 aromatic carbocycles. The highest BCUT2D eigenvalue weighted by molar-refractivity contribution is 7.92. The van der Waals surface area contributed by atoms with Crippen LogP contribution in [0.2, 0.25) is 0 Å². The number of para-hydroxylation sites is 1. The van der Waals surface area contributed by atoms with Gasteiger partial charge < -0.3 is 10.2 Å². The first-order chi connectivity index (χ1) is 17.6. The van der Waals surface area contributed by atoms with E-state index in [0.717, 1.165) is 16.1 Å². The molecule has 0 aliphatic heterocycles. The van der Waals surface area contributed by atoms with Crippen LogP contribution in [0.4, 0.5) is 10.1 Å². The van der Waals surface area contributed by atoms with Crippen molar-refractivity contribution in [1.29, 1.82) is 0 Å². The molecule has 0 aliphatic rings. The van der Waals surface area contributed by atoms with Crippen molar-refractivity contribution < 1.29 is 22.4 Å². The molecular formula is C28H32FN3O4S. The first-order valence-corrected chi connectivity index (χ1v) is 13.8. The molecule has 0 radical (unpaired) electrons. The van der Waals surface area contributed by atoms with Crippen LogP contribution in [0.15, 0.2) is 78.9 Å². The van der Waals surface area contributed by atoms with Crippen molar-refractivity contribution in [1.82, 2.24) is 10.2 Å². The summed E-state index contributed by atoms with van der Waals surface area (Å²) in [6.07, 6.45) is 1.27. The van der Waals surface area contributed by atoms with Crippen LogP contribution in [0.5, 0.6) is 0 Å². The fraction of sp³-hybridized carbons (Fsp3) is 0.286. The molecule has 7 nitrogen and oxygen atoms in total. The maximum atomic E-state index is 13.9. The molecule has 0 heterocycles. The van der Waals surface area contributed by atoms with Crippen molar-refractivity contribution in [3.8, 4) is 0 Å². The van der Waals surface area contributed by atoms with Crippen LogP contribution < -0.4 is 9.62 Å². The number of rotatable bonds is 11. The van der Waals surface area contributed by atoms with Crippen LogP contribution in [0, 0.1) is 12.7 Å². The molecule has 2 amide bonds. The van der Waals surface area contributed by atoms with E-state index in [1.807, 2.05) is 30.3 Å². The van der Waals surface area contributed by atoms with Gasteiger partial charge in [-0.3, -0.25) is 13.9 Å². The van der Waals surface area contributed by atoms with Crippen LogP contribution in [0.25, 0.3) is 0 Å². The van der Waals surface area contributed by atoms with E-state index in [2.05, 4.69) is 5.32 Å². The number of sulfonamides is 1. The Morgan fingerprint density at radius 2 is 1.54 bits per heavy atom. The normalized spacial score (nSPS) is 12.0. The van der Waals surface area contributed by atoms with Crippen molar-refractivity contribution in [2.75, 3.05) is 23.7 Å². The Balaban J connectivity index is 2.04. The monoisotopic (exact) mass is 525 g/mol. The molecule has 0 spiro atoms. The molecule has 0 bridgehead atoms. The average Bonchev–Trinajstić information content (AvgIpc) is 2.86. The smallest absolute Gasteiger partial charge is 0.244 e. The highest BCUT2D eigenvalue weighted by atomic mass is 32.2. The molecule has 37 heavy (non-hydrogen) atoms. The van der Waals surface area contributed by atoms with Gasteiger partial charge in [0.25, 0.3) is 0 Å². The molecular weight excluding hydrogens is 493 g/mol. The lowest BCUT2D eigenvalue weighted by atomic mass is 10.0. The molecule has 0 unspecified atom stereocenters. The number of likely N-dealkylation sites (N-methyl/N-ethyl adjacent to an activating group) is 1. The van der Waals surface area contributed by atoms with Gasteiger partial charge >= 0.3 is 0 Å². The summed E-state index contributed by atoms with van der Waals surface area (Å²) < 4.78 is 40.2. The largest absolute Gasteiger partial charge is 0.355 e. The molecule has 1 atom stereocenters. The van der Waals surface area contributed by atoms with E-state index in [0.29, 0.717) is 23.4 Å². The molecule has 0 aliphatic carbocycles. The van der Waals surface area contributed by atoms with Crippen LogP contribution in [0.1, 0.15) is 23.6 Å². The Labute approximate surface area is 218 Å². The predicted molar refractivity (Wildman–Crippen MR) is 143 cm³/mol. The fourth-order valence-corrected chi connectivity index (χ4v) is 4.98. The van der Waals surface area contributed by atoms with Crippen LogP contribution in [-0.4, -0.2) is 50.5 Å². The number of benzene rings is 3. The number of hydrogen-bond acceptors (Lipinski definition) is 4. The van der Waals surface area contributed by atoms with E-state index in [4.69, 9.17) is 0 Å². The van der Waals surface area contributed by atoms with E-state index in [9.17, 15) is 22.4 Å². The zero-order valence-electron chi connectivity index (χ0n) is 21.2. The van der Waals surface area contributed by atoms with E-state index >= 15 is 0 Å². The highest BCUT2D eigenvalue weighted by Gasteiger charge is 2.33. The van der Waals surface area contributed by atoms with Gasteiger partial charge in [-0.2, -0.15) is 0 Å². The van der Waals surface area contributed by atoms with Gasteiger partial charge in [0.1, 0.15) is 18.4 Å². The standard InChI is InChI=1S/C28H32FN3O4S/c1-4-30-28(34)26(18-22-11-6-5-7-12-22)31(19-23-14-16-24(29)17-15-23)27(33)20-32(37(3,35)36)25-13-9-8-10-21(25)2/h5-17,26H,4,18-20H2,1-3H3,(H,30,34)/t26-/m0/s1. The quantitative estimate of drug-likeness (QED) is 0.414. The van der Waals surface area contributed by atoms with Crippen molar-refractivity contribution in [3.63, 3.8) is 0 Å². The molecule has 0 saturated heterocycles. The number of nitrogens with zero attached hydrogens (tertiary/aromatic N) is 2. The van der Waals surface area contributed by atoms with Crippen molar-refractivity contribution in [2.45, 2.75) is 32.9 Å². The second-order valence-corrected chi connectivity index (χ2v) is 10.7. The molecule has 0 fully saturated rings. The van der Waals surface area contributed by atoms with E-state index in [1.54, 1.807) is 50.2 Å². The molecule has 3 rings (SSSR count). The van der Waals surface area contributed by atoms with Crippen LogP contribution in [0.3, 0.4) is 0 Å². The van der Waals surface area contributed by atoms with E-state index in [1.165, 1.54) is 17.0 Å². The zero-order chi connectivity index (χ0) is 27.0. The number of carbonyl (C=O) groups is 2. The number of halogens is 1. The summed E-state index contributed by atoms with van der Waals surface area (Å²) in [6, 6.07) is 20.9. The first kappa shape index (κ1) is 27.9. The number of hydrogen-bond donors (Lipinski definition) is 1. The maximum absolute atomic E-state index is 13.9. The minimum atomic E-state index is -3.83. The summed E-state index contributed by atoms with van der Waals surface area (Å²) in [4.78, 5) is 28.5. The Morgan fingerprint density at radius 3 is 2.14 bits per heavy atom. The van der Waals surface area contributed by atoms with Gasteiger partial charge in [0, 0.05) is 19.5 Å². The van der Waals surface area contributed by atoms with Gasteiger partial charge in [-0.1, -0.05) is 60.7 Å². The third-order valence-corrected chi connectivity index (χ3v) is 7.08. The minimum absolute atomic E-state index is 0.000871. The summed E-state index contributed by atoms with van der Waals surface area (Å²) in [5.74, 6) is -1.33. The highest BCUT2D eigenvalue weighted by Crippen LogP contribution is 2.23. The lowest BCUT2D eigenvalue weighted by Crippen LogP contribution is -2.53. The average molecular weight is 526 g/mol. The maximum Gasteiger partial charge on any atom is 0.244 e. The molecule has 196 valence electrons. The number of carbonyl (C=O) groups excluding carboxylic acids is 2. The summed E-state index contributed by atoms with van der Waals surface area (Å²) in [5, 5.41) is 2.80. The Morgan fingerprint density at radius 1 is 0.919 bits per heavy atom. The minimum Gasteiger partial charge on any atom is -0.355 e. The number of amides is 2. The first-order valence-electron chi connectivity index (χ1n) is 12.0. The summed E-state index contributed by atoms with van der Waals surface area (Å²) in [5.41, 5.74) is 2.53. The SMILES string of the molecule is CCNC(=O)[C@H](Cc1ccccc1)N(Cc1ccc(F)cc1)C(=O)CN(c1ccccc1C)S(C)(=O)=O. The Kier molecular flexibility index (Phi) is 9.41. The van der Waals surface area contributed by atoms with Crippen LogP contribution in [-0.2, 0) is 32.6 Å². The Hall–Kier alpha value is -3.72. The molecule has 0 saturated carbocycles. The number of anilines is 1. The van der Waals surface area contributed by atoms with Crippen molar-refractivity contribution in [3.05, 3.63) is 101 Å². The second kappa shape index (κ2) is 12.5. The lowest BCUT2D eigenvalue weighted by Gasteiger charge is -2.33. The van der Waals surface area contributed by atoms with Gasteiger partial charge in [0.05, 0.1) is 11.9 Å². The molecule has 3 aromatic rings. The van der Waals surface area contributed by atoms with Crippen molar-refractivity contribution >= 4 is 27.5 Å². The van der Waals surface area contributed by atoms with Gasteiger partial charge in [-0.05, 0) is 48.7 Å². The fourth-order valence-electron chi connectivity index (χ4n) is 4.07. The van der Waals surface area contributed by atoms with Gasteiger partial charge in [-0.15, -0.1) is 0 Å². The number of nitrogens with one attached hydrogen (secondary N) is 1. The van der Waals surface area contributed by atoms with Crippen LogP contribution >= 0.6 is 0 Å². The Bertz CT molecular complexity index is 1310. The van der Waals surface area contributed by atoms with E-state index in [-0.39, 0.29) is 18.9 Å². The second-order valence-electron chi connectivity index (χ2n) is 8.80. The molecule has 9 heteroatoms. The molecule has 0 aromatic heterocycles. The summed E-state index contributed by atoms with van der Waals surface area (Å²) in [7, 11) is -3.83. The van der Waals surface area contributed by atoms with Gasteiger partial charge in [0.15, 0.2) is 0 Å². The zero-order valence-corrected chi connectivity index (χ0v) is 22.0. The summed E-state index contributed by atoms with van der Waals surface area (Å²) >= 11 is 0. The summed E-state index contributed by atoms with van der Waals surface area (Å²) in [6.45, 7) is 3.42. The predicted octanol–water partition coefficient (Wildman–Crippen LogP) is 3.68. The number of aryl methyl sites for hydroxylation is 1. The lowest BCUT2D eigenvalue weighted by molar-refractivity contribution is -0.140. The van der Waals surface area contributed by atoms with Gasteiger partial charge in [-0.25, -0.2) is 12.8 Å². The van der Waals surface area contributed by atoms with Crippen molar-refractivity contribution in [2.24, 2.45) is 0 Å². The van der Waals surface area contributed by atoms with Gasteiger partial charge in [0.2, 0.25) is 21.8 Å². The van der Waals surface area contributed by atoms with E-state index < -0.39 is 34.3 Å². The topological polar surface area (TPSA) is 86.8 Å². The third-order valence-electron chi connectivity index (χ3n) is 5.95. The third kappa shape index (κ3) is 7.63.